The molecule has 4 heteroatoms. The van der Waals surface area contributed by atoms with Crippen LogP contribution in [0.2, 0.25) is 0 Å². The molecule has 0 aromatic carbocycles. The molecule has 0 aromatic rings. The van der Waals surface area contributed by atoms with Crippen LogP contribution in [-0.4, -0.2) is 9.16 Å². The van der Waals surface area contributed by atoms with E-state index in [0.29, 0.717) is 3.41 Å². The van der Waals surface area contributed by atoms with Gasteiger partial charge in [0.25, 0.3) is 0 Å². The van der Waals surface area contributed by atoms with Crippen LogP contribution in [0.4, 0.5) is 0 Å². The van der Waals surface area contributed by atoms with E-state index in [1.807, 2.05) is 43.2 Å². The molecular weight excluding hydrogens is 152 g/mol. The molecule has 1 spiro atoms. The average Bonchev–Trinajstić information content (AvgIpc) is 2.02. The molecule has 0 nitrogen and oxygen atoms in total. The van der Waals surface area contributed by atoms with Gasteiger partial charge in [-0.2, -0.15) is 0 Å². The number of rotatable bonds is 0. The molecule has 0 atom stereocenters. The fourth-order valence-corrected chi connectivity index (χ4v) is 7.40. The molecular formula is C2H2S4. The van der Waals surface area contributed by atoms with Crippen molar-refractivity contribution < 1.29 is 0 Å². The van der Waals surface area contributed by atoms with E-state index in [0.717, 1.165) is 0 Å². The van der Waals surface area contributed by atoms with E-state index in [9.17, 15) is 0 Å². The Kier molecular flexibility index (Phi) is 0.869. The highest BCUT2D eigenvalue weighted by Crippen LogP contribution is 2.80. The first-order chi connectivity index (χ1) is 2.91. The maximum atomic E-state index is 2.02. The quantitative estimate of drug-likeness (QED) is 0.388. The maximum Gasteiger partial charge on any atom is 0.146 e. The minimum atomic E-state index is 0.685. The Hall–Kier alpha value is 1.40. The van der Waals surface area contributed by atoms with Crippen molar-refractivity contribution in [3.05, 3.63) is 0 Å². The summed E-state index contributed by atoms with van der Waals surface area (Å²) in [6.07, 6.45) is 0. The summed E-state index contributed by atoms with van der Waals surface area (Å²) in [6, 6.07) is 0. The second-order valence-electron chi connectivity index (χ2n) is 1.20. The zero-order valence-corrected chi connectivity index (χ0v) is 6.11. The lowest BCUT2D eigenvalue weighted by atomic mass is 10.9. The van der Waals surface area contributed by atoms with Gasteiger partial charge in [-0.15, -0.1) is 0 Å². The van der Waals surface area contributed by atoms with Gasteiger partial charge in [-0.3, -0.25) is 0 Å². The van der Waals surface area contributed by atoms with Crippen LogP contribution in [0.1, 0.15) is 0 Å². The minimum absolute atomic E-state index is 0.685. The van der Waals surface area contributed by atoms with Gasteiger partial charge in [-0.25, -0.2) is 0 Å². The molecule has 2 fully saturated rings. The molecule has 2 saturated heterocycles. The topological polar surface area (TPSA) is 0 Å². The Morgan fingerprint density at radius 2 is 1.83 bits per heavy atom. The van der Waals surface area contributed by atoms with Crippen LogP contribution in [0.5, 0.6) is 0 Å². The third-order valence-corrected chi connectivity index (χ3v) is 8.67. The first-order valence-electron chi connectivity index (χ1n) is 1.59. The van der Waals surface area contributed by atoms with Crippen LogP contribution >= 0.6 is 43.2 Å². The van der Waals surface area contributed by atoms with Crippen LogP contribution in [0, 0.1) is 0 Å². The molecule has 2 aliphatic heterocycles. The lowest BCUT2D eigenvalue weighted by Gasteiger charge is -2.17. The van der Waals surface area contributed by atoms with E-state index in [1.165, 1.54) is 5.75 Å². The SMILES string of the molecule is C1SSC12SS2. The van der Waals surface area contributed by atoms with E-state index >= 15 is 0 Å². The molecule has 0 amide bonds. The van der Waals surface area contributed by atoms with E-state index in [-0.39, 0.29) is 0 Å². The molecule has 2 rings (SSSR count). The Bertz CT molecular complexity index is 69.6. The second kappa shape index (κ2) is 1.21. The van der Waals surface area contributed by atoms with E-state index in [4.69, 9.17) is 0 Å². The first-order valence-corrected chi connectivity index (χ1v) is 6.06. The molecule has 0 unspecified atom stereocenters. The van der Waals surface area contributed by atoms with Gasteiger partial charge in [0.1, 0.15) is 3.41 Å². The molecule has 2 aliphatic rings. The van der Waals surface area contributed by atoms with Crippen LogP contribution in [-0.2, 0) is 0 Å². The van der Waals surface area contributed by atoms with Gasteiger partial charge < -0.3 is 0 Å². The van der Waals surface area contributed by atoms with Gasteiger partial charge in [0, 0.05) is 5.75 Å². The molecule has 34 valence electrons. The Labute approximate surface area is 52.4 Å². The standard InChI is InChI=1S/C2H2S4/c1-2(4-3-1)5-6-2/h1H2. The average molecular weight is 154 g/mol. The van der Waals surface area contributed by atoms with Crippen LogP contribution < -0.4 is 0 Å². The van der Waals surface area contributed by atoms with Gasteiger partial charge in [-0.1, -0.05) is 43.2 Å². The summed E-state index contributed by atoms with van der Waals surface area (Å²) >= 11 is 0. The molecule has 0 saturated carbocycles. The monoisotopic (exact) mass is 154 g/mol. The summed E-state index contributed by atoms with van der Waals surface area (Å²) in [5.74, 6) is 1.37. The van der Waals surface area contributed by atoms with Gasteiger partial charge in [0.2, 0.25) is 0 Å². The van der Waals surface area contributed by atoms with Crippen molar-refractivity contribution in [3.8, 4) is 0 Å². The number of hydrogen-bond acceptors (Lipinski definition) is 4. The molecule has 0 N–H and O–H groups in total. The zero-order chi connectivity index (χ0) is 4.04. The molecule has 0 bridgehead atoms. The highest BCUT2D eigenvalue weighted by atomic mass is 33.2. The highest BCUT2D eigenvalue weighted by molar-refractivity contribution is 9.05. The van der Waals surface area contributed by atoms with Gasteiger partial charge in [-0.05, 0) is 0 Å². The fourth-order valence-electron chi connectivity index (χ4n) is 0.278. The van der Waals surface area contributed by atoms with E-state index in [2.05, 4.69) is 0 Å². The van der Waals surface area contributed by atoms with Crippen molar-refractivity contribution in [2.45, 2.75) is 3.41 Å². The van der Waals surface area contributed by atoms with Crippen molar-refractivity contribution in [2.24, 2.45) is 0 Å². The largest absolute Gasteiger partial charge is 0.146 e. The summed E-state index contributed by atoms with van der Waals surface area (Å²) in [5.41, 5.74) is 0. The van der Waals surface area contributed by atoms with Crippen LogP contribution in [0.3, 0.4) is 0 Å². The summed E-state index contributed by atoms with van der Waals surface area (Å²) in [5, 5.41) is 0. The highest BCUT2D eigenvalue weighted by Gasteiger charge is 2.53. The van der Waals surface area contributed by atoms with Crippen LogP contribution in [0.15, 0.2) is 0 Å². The molecule has 2 heterocycles. The normalized spacial score (nSPS) is 36.0. The van der Waals surface area contributed by atoms with Crippen molar-refractivity contribution in [3.63, 3.8) is 0 Å². The third-order valence-electron chi connectivity index (χ3n) is 0.691. The third kappa shape index (κ3) is 0.504. The minimum Gasteiger partial charge on any atom is -0.0884 e. The van der Waals surface area contributed by atoms with Gasteiger partial charge in [0.05, 0.1) is 0 Å². The summed E-state index contributed by atoms with van der Waals surface area (Å²) in [6.45, 7) is 0. The van der Waals surface area contributed by atoms with Crippen molar-refractivity contribution in [2.75, 3.05) is 5.75 Å². The Morgan fingerprint density at radius 3 is 1.83 bits per heavy atom. The predicted octanol–water partition coefficient (Wildman–Crippen LogP) is 2.43. The zero-order valence-electron chi connectivity index (χ0n) is 2.84. The first kappa shape index (κ1) is 4.30. The number of hydrogen-bond donors (Lipinski definition) is 0. The fraction of sp³-hybridized carbons (Fsp3) is 1.00. The van der Waals surface area contributed by atoms with Gasteiger partial charge in [0.15, 0.2) is 0 Å². The molecule has 6 heavy (non-hydrogen) atoms. The van der Waals surface area contributed by atoms with E-state index < -0.39 is 0 Å². The predicted molar refractivity (Wildman–Crippen MR) is 38.0 cm³/mol. The van der Waals surface area contributed by atoms with Gasteiger partial charge >= 0.3 is 0 Å². The smallest absolute Gasteiger partial charge is 0.0884 e. The molecule has 0 radical (unpaired) electrons. The maximum absolute atomic E-state index is 2.02. The van der Waals surface area contributed by atoms with E-state index in [1.54, 1.807) is 0 Å². The Morgan fingerprint density at radius 1 is 1.17 bits per heavy atom. The van der Waals surface area contributed by atoms with Crippen LogP contribution in [0.25, 0.3) is 0 Å². The lowest BCUT2D eigenvalue weighted by molar-refractivity contribution is 1.40. The van der Waals surface area contributed by atoms with Crippen molar-refractivity contribution >= 4 is 43.2 Å². The summed E-state index contributed by atoms with van der Waals surface area (Å²) in [7, 11) is 8.03. The summed E-state index contributed by atoms with van der Waals surface area (Å²) in [4.78, 5) is 0. The molecule has 0 aromatic heterocycles. The second-order valence-corrected chi connectivity index (χ2v) is 7.29. The summed E-state index contributed by atoms with van der Waals surface area (Å²) < 4.78 is 0.685. The van der Waals surface area contributed by atoms with Crippen molar-refractivity contribution in [1.82, 2.24) is 0 Å². The Balaban J connectivity index is 2.09. The lowest BCUT2D eigenvalue weighted by Crippen LogP contribution is -2.08. The van der Waals surface area contributed by atoms with Crippen molar-refractivity contribution in [1.29, 1.82) is 0 Å². The molecule has 0 aliphatic carbocycles.